The molecule has 2 amide bonds. The van der Waals surface area contributed by atoms with E-state index in [0.29, 0.717) is 31.9 Å². The topological polar surface area (TPSA) is 87.7 Å². The number of hydrogen-bond donors (Lipinski definition) is 2. The largest absolute Gasteiger partial charge is 0.379 e. The summed E-state index contributed by atoms with van der Waals surface area (Å²) in [6.07, 6.45) is 0. The Hall–Kier alpha value is -2.94. The summed E-state index contributed by atoms with van der Waals surface area (Å²) in [5, 5.41) is 7.98. The summed E-state index contributed by atoms with van der Waals surface area (Å²) in [6, 6.07) is 20.4. The third-order valence-electron chi connectivity index (χ3n) is 5.62. The average molecular weight is 454 g/mol. The number of carbonyl (C=O) groups is 1. The lowest BCUT2D eigenvalue weighted by molar-refractivity contribution is 0.0730. The van der Waals surface area contributed by atoms with Crippen LogP contribution in [0.5, 0.6) is 0 Å². The molecule has 0 aromatic heterocycles. The quantitative estimate of drug-likeness (QED) is 0.599. The van der Waals surface area contributed by atoms with Gasteiger partial charge in [0.1, 0.15) is 0 Å². The van der Waals surface area contributed by atoms with Crippen molar-refractivity contribution in [1.82, 2.24) is 14.9 Å². The number of amides is 2. The summed E-state index contributed by atoms with van der Waals surface area (Å²) >= 11 is 0. The molecule has 3 aromatic rings. The van der Waals surface area contributed by atoms with E-state index in [4.69, 9.17) is 4.74 Å². The minimum absolute atomic E-state index is 0.107. The van der Waals surface area contributed by atoms with Crippen LogP contribution >= 0.6 is 0 Å². The second kappa shape index (κ2) is 9.68. The number of carbonyl (C=O) groups excluding carboxylic acids is 1. The molecule has 7 nitrogen and oxygen atoms in total. The Morgan fingerprint density at radius 3 is 2.47 bits per heavy atom. The highest BCUT2D eigenvalue weighted by Crippen LogP contribution is 2.22. The highest BCUT2D eigenvalue weighted by molar-refractivity contribution is 7.89. The van der Waals surface area contributed by atoms with Gasteiger partial charge in [-0.3, -0.25) is 0 Å². The summed E-state index contributed by atoms with van der Waals surface area (Å²) in [5.74, 6) is 0. The van der Waals surface area contributed by atoms with Gasteiger partial charge in [-0.1, -0.05) is 54.6 Å². The number of fused-ring (bicyclic) bond motifs is 1. The Kier molecular flexibility index (Phi) is 6.74. The number of sulfonamides is 1. The lowest BCUT2D eigenvalue weighted by Gasteiger charge is -2.27. The molecule has 1 saturated heterocycles. The van der Waals surface area contributed by atoms with Gasteiger partial charge in [0, 0.05) is 19.6 Å². The number of nitrogens with zero attached hydrogens (tertiary/aromatic N) is 1. The average Bonchev–Trinajstić information content (AvgIpc) is 2.83. The molecule has 0 aliphatic carbocycles. The first-order valence-corrected chi connectivity index (χ1v) is 12.1. The standard InChI is InChI=1S/C24H27N3O4S/c1-18(20-11-10-19-6-2-3-7-21(19)16-20)26-24(28)25-17-22-8-4-5-9-23(22)32(29,30)27-12-14-31-15-13-27/h2-11,16,18H,12-15,17H2,1H3,(H2,25,26,28)/t18-/m0/s1. The SMILES string of the molecule is C[C@H](NC(=O)NCc1ccccc1S(=O)(=O)N1CCOCC1)c1ccc2ccccc2c1. The molecule has 32 heavy (non-hydrogen) atoms. The zero-order chi connectivity index (χ0) is 22.6. The Bertz CT molecular complexity index is 1210. The minimum Gasteiger partial charge on any atom is -0.379 e. The molecule has 0 radical (unpaired) electrons. The summed E-state index contributed by atoms with van der Waals surface area (Å²) in [5.41, 5.74) is 1.54. The summed E-state index contributed by atoms with van der Waals surface area (Å²) in [7, 11) is -3.65. The maximum absolute atomic E-state index is 13.1. The van der Waals surface area contributed by atoms with Crippen LogP contribution in [0.2, 0.25) is 0 Å². The molecule has 2 N–H and O–H groups in total. The van der Waals surface area contributed by atoms with Crippen LogP contribution in [0.3, 0.4) is 0 Å². The second-order valence-electron chi connectivity index (χ2n) is 7.78. The highest BCUT2D eigenvalue weighted by atomic mass is 32.2. The Morgan fingerprint density at radius 2 is 1.69 bits per heavy atom. The van der Waals surface area contributed by atoms with Crippen molar-refractivity contribution in [3.63, 3.8) is 0 Å². The second-order valence-corrected chi connectivity index (χ2v) is 9.69. The zero-order valence-electron chi connectivity index (χ0n) is 18.0. The van der Waals surface area contributed by atoms with E-state index in [-0.39, 0.29) is 23.5 Å². The monoisotopic (exact) mass is 453 g/mol. The zero-order valence-corrected chi connectivity index (χ0v) is 18.8. The van der Waals surface area contributed by atoms with Crippen LogP contribution in [-0.2, 0) is 21.3 Å². The number of ether oxygens (including phenoxy) is 1. The minimum atomic E-state index is -3.65. The molecule has 1 aliphatic heterocycles. The van der Waals surface area contributed by atoms with Gasteiger partial charge < -0.3 is 15.4 Å². The predicted octanol–water partition coefficient (Wildman–Crippen LogP) is 3.42. The molecule has 168 valence electrons. The van der Waals surface area contributed by atoms with Crippen LogP contribution in [-0.4, -0.2) is 45.1 Å². The van der Waals surface area contributed by atoms with Gasteiger partial charge in [-0.15, -0.1) is 0 Å². The first-order chi connectivity index (χ1) is 15.4. The smallest absolute Gasteiger partial charge is 0.315 e. The number of hydrogen-bond acceptors (Lipinski definition) is 4. The van der Waals surface area contributed by atoms with Gasteiger partial charge in [0.25, 0.3) is 0 Å². The van der Waals surface area contributed by atoms with Gasteiger partial charge in [-0.05, 0) is 41.0 Å². The first kappa shape index (κ1) is 22.3. The lowest BCUT2D eigenvalue weighted by Crippen LogP contribution is -2.41. The van der Waals surface area contributed by atoms with Crippen LogP contribution in [0.1, 0.15) is 24.1 Å². The summed E-state index contributed by atoms with van der Waals surface area (Å²) in [4.78, 5) is 12.7. The van der Waals surface area contributed by atoms with Crippen LogP contribution < -0.4 is 10.6 Å². The van der Waals surface area contributed by atoms with Gasteiger partial charge in [-0.2, -0.15) is 4.31 Å². The van der Waals surface area contributed by atoms with Gasteiger partial charge >= 0.3 is 6.03 Å². The first-order valence-electron chi connectivity index (χ1n) is 10.6. The fraction of sp³-hybridized carbons (Fsp3) is 0.292. The normalized spacial score (nSPS) is 15.9. The van der Waals surface area contributed by atoms with Crippen molar-refractivity contribution >= 4 is 26.8 Å². The molecule has 0 saturated carbocycles. The van der Waals surface area contributed by atoms with E-state index in [1.54, 1.807) is 24.3 Å². The van der Waals surface area contributed by atoms with Gasteiger partial charge in [0.2, 0.25) is 10.0 Å². The molecule has 0 spiro atoms. The number of urea groups is 1. The Labute approximate surface area is 188 Å². The van der Waals surface area contributed by atoms with Crippen molar-refractivity contribution < 1.29 is 17.9 Å². The van der Waals surface area contributed by atoms with E-state index in [2.05, 4.69) is 16.7 Å². The molecule has 0 unspecified atom stereocenters. The molecule has 3 aromatic carbocycles. The molecule has 1 atom stereocenters. The van der Waals surface area contributed by atoms with Crippen LogP contribution in [0.15, 0.2) is 71.6 Å². The maximum atomic E-state index is 13.1. The van der Waals surface area contributed by atoms with Crippen molar-refractivity contribution in [2.45, 2.75) is 24.4 Å². The molecular weight excluding hydrogens is 426 g/mol. The molecular formula is C24H27N3O4S. The number of nitrogens with one attached hydrogen (secondary N) is 2. The van der Waals surface area contributed by atoms with E-state index in [1.165, 1.54) is 4.31 Å². The third-order valence-corrected chi connectivity index (χ3v) is 7.62. The number of benzene rings is 3. The summed E-state index contributed by atoms with van der Waals surface area (Å²) < 4.78 is 32.8. The third kappa shape index (κ3) is 4.93. The molecule has 1 aliphatic rings. The van der Waals surface area contributed by atoms with Crippen LogP contribution in [0.4, 0.5) is 4.79 Å². The molecule has 8 heteroatoms. The van der Waals surface area contributed by atoms with Crippen molar-refractivity contribution in [1.29, 1.82) is 0 Å². The van der Waals surface area contributed by atoms with E-state index in [9.17, 15) is 13.2 Å². The van der Waals surface area contributed by atoms with Gasteiger partial charge in [-0.25, -0.2) is 13.2 Å². The van der Waals surface area contributed by atoms with E-state index in [1.807, 2.05) is 43.3 Å². The van der Waals surface area contributed by atoms with Crippen LogP contribution in [0.25, 0.3) is 10.8 Å². The van der Waals surface area contributed by atoms with Gasteiger partial charge in [0.05, 0.1) is 24.2 Å². The van der Waals surface area contributed by atoms with Crippen LogP contribution in [0, 0.1) is 0 Å². The fourth-order valence-electron chi connectivity index (χ4n) is 3.81. The lowest BCUT2D eigenvalue weighted by atomic mass is 10.0. The van der Waals surface area contributed by atoms with Crippen molar-refractivity contribution in [2.75, 3.05) is 26.3 Å². The van der Waals surface area contributed by atoms with E-state index >= 15 is 0 Å². The molecule has 1 heterocycles. The molecule has 4 rings (SSSR count). The molecule has 1 fully saturated rings. The van der Waals surface area contributed by atoms with Crippen molar-refractivity contribution in [3.8, 4) is 0 Å². The molecule has 0 bridgehead atoms. The Morgan fingerprint density at radius 1 is 1.00 bits per heavy atom. The summed E-state index contributed by atoms with van der Waals surface area (Å²) in [6.45, 7) is 3.45. The van der Waals surface area contributed by atoms with Crippen molar-refractivity contribution in [2.24, 2.45) is 0 Å². The number of morpholine rings is 1. The van der Waals surface area contributed by atoms with Gasteiger partial charge in [0.15, 0.2) is 0 Å². The maximum Gasteiger partial charge on any atom is 0.315 e. The van der Waals surface area contributed by atoms with Crippen molar-refractivity contribution in [3.05, 3.63) is 77.9 Å². The fourth-order valence-corrected chi connectivity index (χ4v) is 5.44. The van der Waals surface area contributed by atoms with E-state index < -0.39 is 10.0 Å². The Balaban J connectivity index is 1.41. The highest BCUT2D eigenvalue weighted by Gasteiger charge is 2.28. The predicted molar refractivity (Wildman–Crippen MR) is 124 cm³/mol. The number of rotatable bonds is 6. The van der Waals surface area contributed by atoms with E-state index in [0.717, 1.165) is 16.3 Å².